The average Bonchev–Trinajstić information content (AvgIpc) is 2.99. The van der Waals surface area contributed by atoms with Crippen molar-refractivity contribution in [3.8, 4) is 5.75 Å². The first-order chi connectivity index (χ1) is 9.78. The lowest BCUT2D eigenvalue weighted by atomic mass is 9.94. The highest BCUT2D eigenvalue weighted by molar-refractivity contribution is 7.09. The highest BCUT2D eigenvalue weighted by Crippen LogP contribution is 2.41. The van der Waals surface area contributed by atoms with E-state index in [0.29, 0.717) is 6.04 Å². The van der Waals surface area contributed by atoms with Gasteiger partial charge in [-0.05, 0) is 26.0 Å². The van der Waals surface area contributed by atoms with Gasteiger partial charge in [0, 0.05) is 24.2 Å². The minimum Gasteiger partial charge on any atom is -0.484 e. The number of aryl methyl sites for hydroxylation is 1. The van der Waals surface area contributed by atoms with Crippen LogP contribution in [0.2, 0.25) is 0 Å². The molecule has 1 N–H and O–H groups in total. The lowest BCUT2D eigenvalue weighted by Gasteiger charge is -2.32. The molecule has 1 aliphatic heterocycles. The molecular weight excluding hydrogens is 268 g/mol. The van der Waals surface area contributed by atoms with E-state index < -0.39 is 0 Å². The average molecular weight is 288 g/mol. The summed E-state index contributed by atoms with van der Waals surface area (Å²) in [5, 5.41) is 3.65. The third-order valence-corrected chi connectivity index (χ3v) is 4.54. The predicted octanol–water partition coefficient (Wildman–Crippen LogP) is 4.02. The summed E-state index contributed by atoms with van der Waals surface area (Å²) in [6.45, 7) is 5.37. The second-order valence-corrected chi connectivity index (χ2v) is 6.21. The van der Waals surface area contributed by atoms with E-state index in [4.69, 9.17) is 4.74 Å². The van der Waals surface area contributed by atoms with Crippen LogP contribution in [0.4, 0.5) is 0 Å². The molecule has 2 heterocycles. The molecule has 1 aliphatic rings. The number of hydrogen-bond donors (Lipinski definition) is 1. The van der Waals surface area contributed by atoms with Crippen LogP contribution in [0.25, 0.3) is 0 Å². The topological polar surface area (TPSA) is 34.2 Å². The Labute approximate surface area is 124 Å². The molecule has 106 valence electrons. The number of nitrogens with one attached hydrogen (secondary N) is 1. The second kappa shape index (κ2) is 5.94. The first kappa shape index (κ1) is 13.6. The van der Waals surface area contributed by atoms with Gasteiger partial charge in [-0.1, -0.05) is 24.6 Å². The molecule has 0 saturated heterocycles. The Hall–Kier alpha value is -1.39. The fraction of sp³-hybridized carbons (Fsp3) is 0.438. The van der Waals surface area contributed by atoms with Crippen LogP contribution < -0.4 is 10.1 Å². The predicted molar refractivity (Wildman–Crippen MR) is 82.3 cm³/mol. The minimum atomic E-state index is 0.118. The molecule has 4 heteroatoms. The lowest BCUT2D eigenvalue weighted by molar-refractivity contribution is 0.154. The van der Waals surface area contributed by atoms with Gasteiger partial charge in [0.2, 0.25) is 0 Å². The van der Waals surface area contributed by atoms with Gasteiger partial charge < -0.3 is 10.1 Å². The Bertz CT molecular complexity index is 568. The number of fused-ring (bicyclic) bond motifs is 1. The molecule has 0 aliphatic carbocycles. The molecule has 2 aromatic rings. The Morgan fingerprint density at radius 3 is 3.10 bits per heavy atom. The monoisotopic (exact) mass is 288 g/mol. The molecule has 0 spiro atoms. The molecule has 1 aromatic heterocycles. The van der Waals surface area contributed by atoms with Crippen molar-refractivity contribution in [3.63, 3.8) is 0 Å². The van der Waals surface area contributed by atoms with Crippen molar-refractivity contribution in [1.29, 1.82) is 0 Å². The van der Waals surface area contributed by atoms with Crippen molar-refractivity contribution < 1.29 is 4.74 Å². The third kappa shape index (κ3) is 2.72. The molecule has 1 aromatic carbocycles. The molecule has 0 fully saturated rings. The van der Waals surface area contributed by atoms with Crippen molar-refractivity contribution in [2.45, 2.75) is 38.8 Å². The zero-order chi connectivity index (χ0) is 13.9. The van der Waals surface area contributed by atoms with E-state index in [-0.39, 0.29) is 6.10 Å². The van der Waals surface area contributed by atoms with Gasteiger partial charge in [0.25, 0.3) is 0 Å². The summed E-state index contributed by atoms with van der Waals surface area (Å²) in [4.78, 5) is 5.38. The highest BCUT2D eigenvalue weighted by atomic mass is 32.1. The van der Waals surface area contributed by atoms with E-state index >= 15 is 0 Å². The van der Waals surface area contributed by atoms with E-state index in [9.17, 15) is 0 Å². The van der Waals surface area contributed by atoms with Crippen LogP contribution in [-0.2, 0) is 0 Å². The molecule has 0 amide bonds. The normalized spacial score (nSPS) is 21.3. The van der Waals surface area contributed by atoms with E-state index in [2.05, 4.69) is 42.3 Å². The fourth-order valence-electron chi connectivity index (χ4n) is 2.66. The second-order valence-electron chi connectivity index (χ2n) is 5.29. The van der Waals surface area contributed by atoms with Gasteiger partial charge in [-0.15, -0.1) is 11.3 Å². The summed E-state index contributed by atoms with van der Waals surface area (Å²) in [6, 6.07) is 6.82. The molecule has 0 radical (unpaired) electrons. The summed E-state index contributed by atoms with van der Waals surface area (Å²) < 4.78 is 6.17. The van der Waals surface area contributed by atoms with E-state index in [1.807, 2.05) is 11.7 Å². The molecular formula is C16H20N2OS. The highest BCUT2D eigenvalue weighted by Gasteiger charge is 2.29. The largest absolute Gasteiger partial charge is 0.484 e. The van der Waals surface area contributed by atoms with Crippen LogP contribution in [0, 0.1) is 6.92 Å². The maximum atomic E-state index is 6.17. The summed E-state index contributed by atoms with van der Waals surface area (Å²) in [6.07, 6.45) is 4.15. The summed E-state index contributed by atoms with van der Waals surface area (Å²) in [5.74, 6) is 1.01. The Morgan fingerprint density at radius 2 is 2.35 bits per heavy atom. The van der Waals surface area contributed by atoms with Crippen LogP contribution in [0.5, 0.6) is 5.75 Å². The van der Waals surface area contributed by atoms with Gasteiger partial charge in [-0.25, -0.2) is 0 Å². The maximum absolute atomic E-state index is 6.17. The van der Waals surface area contributed by atoms with Gasteiger partial charge in [0.05, 0.1) is 10.4 Å². The zero-order valence-electron chi connectivity index (χ0n) is 11.9. The number of thiazole rings is 1. The van der Waals surface area contributed by atoms with E-state index in [0.717, 1.165) is 25.1 Å². The fourth-order valence-corrected chi connectivity index (χ4v) is 3.32. The Kier molecular flexibility index (Phi) is 4.03. The van der Waals surface area contributed by atoms with Gasteiger partial charge in [0.15, 0.2) is 0 Å². The number of rotatable bonds is 4. The van der Waals surface area contributed by atoms with Crippen molar-refractivity contribution in [2.75, 3.05) is 6.54 Å². The van der Waals surface area contributed by atoms with E-state index in [1.165, 1.54) is 16.0 Å². The first-order valence-electron chi connectivity index (χ1n) is 7.17. The van der Waals surface area contributed by atoms with E-state index in [1.54, 1.807) is 11.3 Å². The van der Waals surface area contributed by atoms with Gasteiger partial charge in [-0.2, -0.15) is 0 Å². The SMILES string of the molecule is CCCNC1CC(c2cncs2)Oc2ccc(C)cc21. The summed E-state index contributed by atoms with van der Waals surface area (Å²) >= 11 is 1.67. The molecule has 20 heavy (non-hydrogen) atoms. The van der Waals surface area contributed by atoms with Crippen molar-refractivity contribution in [1.82, 2.24) is 10.3 Å². The Morgan fingerprint density at radius 1 is 1.45 bits per heavy atom. The first-order valence-corrected chi connectivity index (χ1v) is 8.05. The molecule has 2 atom stereocenters. The molecule has 2 unspecified atom stereocenters. The molecule has 3 nitrogen and oxygen atoms in total. The number of nitrogens with zero attached hydrogens (tertiary/aromatic N) is 1. The summed E-state index contributed by atoms with van der Waals surface area (Å²) in [7, 11) is 0. The van der Waals surface area contributed by atoms with Crippen LogP contribution in [0.3, 0.4) is 0 Å². The summed E-state index contributed by atoms with van der Waals surface area (Å²) in [5.41, 5.74) is 4.45. The minimum absolute atomic E-state index is 0.118. The lowest BCUT2D eigenvalue weighted by Crippen LogP contribution is -2.29. The molecule has 0 saturated carbocycles. The zero-order valence-corrected chi connectivity index (χ0v) is 12.7. The molecule has 0 bridgehead atoms. The van der Waals surface area contributed by atoms with Gasteiger partial charge in [-0.3, -0.25) is 4.98 Å². The maximum Gasteiger partial charge on any atom is 0.136 e. The number of benzene rings is 1. The Balaban J connectivity index is 1.90. The smallest absolute Gasteiger partial charge is 0.136 e. The third-order valence-electron chi connectivity index (χ3n) is 3.67. The van der Waals surface area contributed by atoms with Crippen LogP contribution in [0.1, 0.15) is 47.9 Å². The number of aromatic nitrogens is 1. The van der Waals surface area contributed by atoms with Crippen LogP contribution >= 0.6 is 11.3 Å². The van der Waals surface area contributed by atoms with Crippen LogP contribution in [0.15, 0.2) is 29.9 Å². The number of hydrogen-bond acceptors (Lipinski definition) is 4. The van der Waals surface area contributed by atoms with Crippen molar-refractivity contribution in [3.05, 3.63) is 45.9 Å². The quantitative estimate of drug-likeness (QED) is 0.922. The molecule has 3 rings (SSSR count). The van der Waals surface area contributed by atoms with Crippen molar-refractivity contribution >= 4 is 11.3 Å². The van der Waals surface area contributed by atoms with Gasteiger partial charge >= 0.3 is 0 Å². The van der Waals surface area contributed by atoms with Crippen molar-refractivity contribution in [2.24, 2.45) is 0 Å². The standard InChI is InChI=1S/C16H20N2OS/c1-3-6-18-13-8-15(16-9-17-10-20-16)19-14-5-4-11(2)7-12(13)14/h4-5,7,9-10,13,15,18H,3,6,8H2,1-2H3. The van der Waals surface area contributed by atoms with Gasteiger partial charge in [0.1, 0.15) is 11.9 Å². The number of ether oxygens (including phenoxy) is 1. The van der Waals surface area contributed by atoms with Crippen LogP contribution in [-0.4, -0.2) is 11.5 Å².